The van der Waals surface area contributed by atoms with E-state index in [4.69, 9.17) is 9.52 Å². The summed E-state index contributed by atoms with van der Waals surface area (Å²) in [5.41, 5.74) is 0.534. The largest absolute Gasteiger partial charge is 0.462 e. The minimum absolute atomic E-state index is 0.0162. The molecule has 2 N–H and O–H groups in total. The molecule has 1 saturated carbocycles. The number of aliphatic hydroxyl groups excluding tert-OH is 1. The Balaban J connectivity index is 1.74. The summed E-state index contributed by atoms with van der Waals surface area (Å²) in [6.07, 6.45) is 2.67. The van der Waals surface area contributed by atoms with E-state index < -0.39 is 0 Å². The zero-order valence-corrected chi connectivity index (χ0v) is 8.55. The first-order valence-corrected chi connectivity index (χ1v) is 5.11. The Morgan fingerprint density at radius 2 is 2.14 bits per heavy atom. The van der Waals surface area contributed by atoms with Crippen molar-refractivity contribution in [3.8, 4) is 0 Å². The van der Waals surface area contributed by atoms with E-state index in [1.165, 1.54) is 12.8 Å². The minimum atomic E-state index is -0.0162. The summed E-state index contributed by atoms with van der Waals surface area (Å²) in [6, 6.07) is 3.73. The van der Waals surface area contributed by atoms with Gasteiger partial charge in [0.15, 0.2) is 0 Å². The second-order valence-corrected chi connectivity index (χ2v) is 4.44. The zero-order chi connectivity index (χ0) is 10.0. The summed E-state index contributed by atoms with van der Waals surface area (Å²) in [5.74, 6) is 1.54. The van der Waals surface area contributed by atoms with Crippen LogP contribution >= 0.6 is 0 Å². The Hall–Kier alpha value is -0.800. The lowest BCUT2D eigenvalue weighted by atomic mass is 10.1. The third-order valence-electron chi connectivity index (χ3n) is 2.83. The maximum atomic E-state index is 8.80. The van der Waals surface area contributed by atoms with Crippen molar-refractivity contribution in [1.29, 1.82) is 0 Å². The van der Waals surface area contributed by atoms with E-state index in [9.17, 15) is 0 Å². The van der Waals surface area contributed by atoms with Crippen molar-refractivity contribution >= 4 is 0 Å². The van der Waals surface area contributed by atoms with E-state index in [1.807, 2.05) is 12.1 Å². The summed E-state index contributed by atoms with van der Waals surface area (Å²) < 4.78 is 5.36. The third kappa shape index (κ3) is 2.36. The maximum absolute atomic E-state index is 8.80. The van der Waals surface area contributed by atoms with Crippen LogP contribution in [0.3, 0.4) is 0 Å². The van der Waals surface area contributed by atoms with E-state index in [0.717, 1.165) is 18.8 Å². The molecule has 1 aromatic rings. The van der Waals surface area contributed by atoms with Gasteiger partial charge in [0.2, 0.25) is 0 Å². The predicted molar refractivity (Wildman–Crippen MR) is 53.7 cm³/mol. The number of hydrogen-bond donors (Lipinski definition) is 2. The molecule has 1 aromatic heterocycles. The highest BCUT2D eigenvalue weighted by Gasteiger charge is 2.36. The molecule has 0 atom stereocenters. The molecule has 0 radical (unpaired) electrons. The second-order valence-electron chi connectivity index (χ2n) is 4.44. The molecule has 0 bridgehead atoms. The standard InChI is InChI=1S/C11H17NO2/c1-11(4-5-11)8-12-6-9-2-3-10(7-13)14-9/h2-3,12-13H,4-8H2,1H3. The first-order chi connectivity index (χ1) is 6.72. The van der Waals surface area contributed by atoms with Gasteiger partial charge in [0, 0.05) is 6.54 Å². The Morgan fingerprint density at radius 1 is 1.43 bits per heavy atom. The van der Waals surface area contributed by atoms with Gasteiger partial charge in [-0.05, 0) is 30.4 Å². The van der Waals surface area contributed by atoms with Gasteiger partial charge in [-0.3, -0.25) is 0 Å². The van der Waals surface area contributed by atoms with Crippen LogP contribution in [0.25, 0.3) is 0 Å². The van der Waals surface area contributed by atoms with E-state index in [-0.39, 0.29) is 6.61 Å². The van der Waals surface area contributed by atoms with Crippen molar-refractivity contribution in [2.75, 3.05) is 6.54 Å². The fourth-order valence-corrected chi connectivity index (χ4v) is 1.48. The molecule has 0 unspecified atom stereocenters. The Bertz CT molecular complexity index is 302. The van der Waals surface area contributed by atoms with E-state index >= 15 is 0 Å². The average Bonchev–Trinajstić information content (AvgIpc) is 2.75. The highest BCUT2D eigenvalue weighted by molar-refractivity contribution is 5.06. The van der Waals surface area contributed by atoms with E-state index in [1.54, 1.807) is 0 Å². The Kier molecular flexibility index (Phi) is 2.61. The molecule has 0 spiro atoms. The Labute approximate surface area is 84.1 Å². The number of hydrogen-bond acceptors (Lipinski definition) is 3. The predicted octanol–water partition coefficient (Wildman–Crippen LogP) is 1.66. The average molecular weight is 195 g/mol. The normalized spacial score (nSPS) is 18.4. The number of aliphatic hydroxyl groups is 1. The molecular formula is C11H17NO2. The van der Waals surface area contributed by atoms with Gasteiger partial charge in [0.25, 0.3) is 0 Å². The lowest BCUT2D eigenvalue weighted by Crippen LogP contribution is -2.21. The van der Waals surface area contributed by atoms with Crippen molar-refractivity contribution < 1.29 is 9.52 Å². The molecule has 0 amide bonds. The second kappa shape index (κ2) is 3.75. The van der Waals surface area contributed by atoms with Gasteiger partial charge in [-0.2, -0.15) is 0 Å². The lowest BCUT2D eigenvalue weighted by molar-refractivity contribution is 0.242. The molecule has 0 saturated heterocycles. The van der Waals surface area contributed by atoms with Crippen LogP contribution in [0.15, 0.2) is 16.5 Å². The van der Waals surface area contributed by atoms with Gasteiger partial charge in [0.05, 0.1) is 6.54 Å². The summed E-state index contributed by atoms with van der Waals surface area (Å²) >= 11 is 0. The molecule has 3 heteroatoms. The van der Waals surface area contributed by atoms with Crippen molar-refractivity contribution in [2.24, 2.45) is 5.41 Å². The van der Waals surface area contributed by atoms with Gasteiger partial charge in [-0.1, -0.05) is 6.92 Å². The Morgan fingerprint density at radius 3 is 2.71 bits per heavy atom. The van der Waals surface area contributed by atoms with Crippen LogP contribution in [-0.4, -0.2) is 11.7 Å². The van der Waals surface area contributed by atoms with Crippen molar-refractivity contribution in [1.82, 2.24) is 5.32 Å². The van der Waals surface area contributed by atoms with Crippen LogP contribution in [0.2, 0.25) is 0 Å². The fourth-order valence-electron chi connectivity index (χ4n) is 1.48. The highest BCUT2D eigenvalue weighted by atomic mass is 16.4. The minimum Gasteiger partial charge on any atom is -0.462 e. The van der Waals surface area contributed by atoms with Gasteiger partial charge in [0.1, 0.15) is 18.1 Å². The maximum Gasteiger partial charge on any atom is 0.129 e. The van der Waals surface area contributed by atoms with Crippen LogP contribution in [-0.2, 0) is 13.2 Å². The smallest absolute Gasteiger partial charge is 0.129 e. The highest BCUT2D eigenvalue weighted by Crippen LogP contribution is 2.44. The molecular weight excluding hydrogens is 178 g/mol. The van der Waals surface area contributed by atoms with Crippen molar-refractivity contribution in [3.63, 3.8) is 0 Å². The van der Waals surface area contributed by atoms with Crippen LogP contribution < -0.4 is 5.32 Å². The summed E-state index contributed by atoms with van der Waals surface area (Å²) in [4.78, 5) is 0. The molecule has 2 rings (SSSR count). The number of nitrogens with one attached hydrogen (secondary N) is 1. The van der Waals surface area contributed by atoms with Crippen LogP contribution in [0, 0.1) is 5.41 Å². The fraction of sp³-hybridized carbons (Fsp3) is 0.636. The van der Waals surface area contributed by atoms with E-state index in [2.05, 4.69) is 12.2 Å². The molecule has 1 fully saturated rings. The van der Waals surface area contributed by atoms with Crippen LogP contribution in [0.4, 0.5) is 0 Å². The number of furan rings is 1. The molecule has 0 aliphatic heterocycles. The third-order valence-corrected chi connectivity index (χ3v) is 2.83. The van der Waals surface area contributed by atoms with Gasteiger partial charge < -0.3 is 14.8 Å². The summed E-state index contributed by atoms with van der Waals surface area (Å²) in [5, 5.41) is 12.2. The van der Waals surface area contributed by atoms with Gasteiger partial charge in [-0.25, -0.2) is 0 Å². The summed E-state index contributed by atoms with van der Waals surface area (Å²) in [6.45, 7) is 4.09. The van der Waals surface area contributed by atoms with E-state index in [0.29, 0.717) is 11.2 Å². The topological polar surface area (TPSA) is 45.4 Å². The molecule has 1 aliphatic carbocycles. The zero-order valence-electron chi connectivity index (χ0n) is 8.55. The van der Waals surface area contributed by atoms with Gasteiger partial charge in [-0.15, -0.1) is 0 Å². The first-order valence-electron chi connectivity index (χ1n) is 5.11. The monoisotopic (exact) mass is 195 g/mol. The SMILES string of the molecule is CC1(CNCc2ccc(CO)o2)CC1. The molecule has 1 heterocycles. The van der Waals surface area contributed by atoms with Crippen LogP contribution in [0.1, 0.15) is 31.3 Å². The van der Waals surface area contributed by atoms with Gasteiger partial charge >= 0.3 is 0 Å². The quantitative estimate of drug-likeness (QED) is 0.751. The molecule has 14 heavy (non-hydrogen) atoms. The lowest BCUT2D eigenvalue weighted by Gasteiger charge is -2.07. The first kappa shape index (κ1) is 9.74. The van der Waals surface area contributed by atoms with Crippen molar-refractivity contribution in [3.05, 3.63) is 23.7 Å². The molecule has 78 valence electrons. The van der Waals surface area contributed by atoms with Crippen LogP contribution in [0.5, 0.6) is 0 Å². The molecule has 3 nitrogen and oxygen atoms in total. The summed E-state index contributed by atoms with van der Waals surface area (Å²) in [7, 11) is 0. The molecule has 1 aliphatic rings. The molecule has 0 aromatic carbocycles. The number of rotatable bonds is 5. The van der Waals surface area contributed by atoms with Crippen molar-refractivity contribution in [2.45, 2.75) is 32.9 Å².